The van der Waals surface area contributed by atoms with E-state index in [4.69, 9.17) is 0 Å². The quantitative estimate of drug-likeness (QED) is 0.665. The molecule has 1 aliphatic heterocycles. The molecule has 1 nitrogen and oxygen atoms in total. The molecule has 1 aliphatic rings. The van der Waals surface area contributed by atoms with E-state index < -0.39 is 0 Å². The van der Waals surface area contributed by atoms with Crippen molar-refractivity contribution in [3.8, 4) is 0 Å². The molecule has 1 heteroatoms. The fraction of sp³-hybridized carbons (Fsp3) is 0.455. The monoisotopic (exact) mass is 161 g/mol. The lowest BCUT2D eigenvalue weighted by Gasteiger charge is -2.11. The SMILES string of the molecule is Cc1ccccc1C1CCNC1. The Kier molecular flexibility index (Phi) is 2.13. The van der Waals surface area contributed by atoms with Gasteiger partial charge in [0.25, 0.3) is 0 Å². The van der Waals surface area contributed by atoms with E-state index in [1.54, 1.807) is 0 Å². The highest BCUT2D eigenvalue weighted by molar-refractivity contribution is 5.30. The van der Waals surface area contributed by atoms with Gasteiger partial charge in [0, 0.05) is 6.54 Å². The summed E-state index contributed by atoms with van der Waals surface area (Å²) in [6.45, 7) is 4.54. The normalized spacial score (nSPS) is 22.9. The highest BCUT2D eigenvalue weighted by Crippen LogP contribution is 2.24. The van der Waals surface area contributed by atoms with E-state index in [9.17, 15) is 0 Å². The summed E-state index contributed by atoms with van der Waals surface area (Å²) in [5.74, 6) is 0.756. The average Bonchev–Trinajstić information content (AvgIpc) is 2.57. The van der Waals surface area contributed by atoms with Crippen LogP contribution in [-0.4, -0.2) is 13.1 Å². The van der Waals surface area contributed by atoms with E-state index in [0.29, 0.717) is 0 Å². The Hall–Kier alpha value is -0.820. The van der Waals surface area contributed by atoms with Gasteiger partial charge in [0.1, 0.15) is 0 Å². The van der Waals surface area contributed by atoms with Crippen molar-refractivity contribution in [3.63, 3.8) is 0 Å². The molecular weight excluding hydrogens is 146 g/mol. The van der Waals surface area contributed by atoms with Crippen molar-refractivity contribution in [1.29, 1.82) is 0 Å². The van der Waals surface area contributed by atoms with Gasteiger partial charge in [-0.15, -0.1) is 0 Å². The standard InChI is InChI=1S/C11H15N/c1-9-4-2-3-5-11(9)10-6-7-12-8-10/h2-5,10,12H,6-8H2,1H3. The lowest BCUT2D eigenvalue weighted by Crippen LogP contribution is -2.08. The van der Waals surface area contributed by atoms with Crippen LogP contribution in [0.25, 0.3) is 0 Å². The van der Waals surface area contributed by atoms with Crippen LogP contribution in [0.2, 0.25) is 0 Å². The van der Waals surface area contributed by atoms with E-state index in [-0.39, 0.29) is 0 Å². The fourth-order valence-corrected chi connectivity index (χ4v) is 1.96. The van der Waals surface area contributed by atoms with E-state index >= 15 is 0 Å². The second kappa shape index (κ2) is 3.28. The Morgan fingerprint density at radius 3 is 2.83 bits per heavy atom. The minimum Gasteiger partial charge on any atom is -0.316 e. The highest BCUT2D eigenvalue weighted by Gasteiger charge is 2.17. The second-order valence-corrected chi connectivity index (χ2v) is 3.55. The predicted octanol–water partition coefficient (Wildman–Crippen LogP) is 2.07. The summed E-state index contributed by atoms with van der Waals surface area (Å²) in [4.78, 5) is 0. The summed E-state index contributed by atoms with van der Waals surface area (Å²) in [6.07, 6.45) is 1.30. The van der Waals surface area contributed by atoms with Gasteiger partial charge in [-0.2, -0.15) is 0 Å². The molecule has 1 aromatic rings. The molecule has 0 radical (unpaired) electrons. The van der Waals surface area contributed by atoms with Crippen LogP contribution < -0.4 is 5.32 Å². The van der Waals surface area contributed by atoms with Crippen molar-refractivity contribution >= 4 is 0 Å². The van der Waals surface area contributed by atoms with Gasteiger partial charge in [-0.1, -0.05) is 24.3 Å². The molecule has 1 saturated heterocycles. The maximum absolute atomic E-state index is 3.40. The van der Waals surface area contributed by atoms with Crippen molar-refractivity contribution in [1.82, 2.24) is 5.32 Å². The topological polar surface area (TPSA) is 12.0 Å². The summed E-state index contributed by atoms with van der Waals surface area (Å²) in [7, 11) is 0. The van der Waals surface area contributed by atoms with Crippen LogP contribution in [0.3, 0.4) is 0 Å². The van der Waals surface area contributed by atoms with Gasteiger partial charge in [-0.3, -0.25) is 0 Å². The molecule has 12 heavy (non-hydrogen) atoms. The molecule has 1 atom stereocenters. The molecule has 0 bridgehead atoms. The molecule has 0 amide bonds. The molecule has 0 aliphatic carbocycles. The van der Waals surface area contributed by atoms with Gasteiger partial charge < -0.3 is 5.32 Å². The summed E-state index contributed by atoms with van der Waals surface area (Å²) < 4.78 is 0. The molecule has 0 spiro atoms. The Balaban J connectivity index is 2.26. The molecular formula is C11H15N. The highest BCUT2D eigenvalue weighted by atomic mass is 14.9. The maximum Gasteiger partial charge on any atom is 0.00207 e. The van der Waals surface area contributed by atoms with Crippen LogP contribution >= 0.6 is 0 Å². The first-order valence-corrected chi connectivity index (χ1v) is 4.64. The first kappa shape index (κ1) is 7.81. The van der Waals surface area contributed by atoms with Crippen molar-refractivity contribution in [2.24, 2.45) is 0 Å². The molecule has 64 valence electrons. The van der Waals surface area contributed by atoms with Crippen molar-refractivity contribution in [3.05, 3.63) is 35.4 Å². The van der Waals surface area contributed by atoms with Gasteiger partial charge in [0.05, 0.1) is 0 Å². The predicted molar refractivity (Wildman–Crippen MR) is 51.4 cm³/mol. The third-order valence-electron chi connectivity index (χ3n) is 2.69. The fourth-order valence-electron chi connectivity index (χ4n) is 1.96. The van der Waals surface area contributed by atoms with Crippen LogP contribution in [0.4, 0.5) is 0 Å². The second-order valence-electron chi connectivity index (χ2n) is 3.55. The zero-order valence-corrected chi connectivity index (χ0v) is 7.51. The van der Waals surface area contributed by atoms with Crippen molar-refractivity contribution < 1.29 is 0 Å². The van der Waals surface area contributed by atoms with Gasteiger partial charge in [-0.25, -0.2) is 0 Å². The summed E-state index contributed by atoms with van der Waals surface area (Å²) in [5, 5.41) is 3.40. The smallest absolute Gasteiger partial charge is 0.00207 e. The van der Waals surface area contributed by atoms with Gasteiger partial charge in [0.2, 0.25) is 0 Å². The molecule has 1 N–H and O–H groups in total. The van der Waals surface area contributed by atoms with Crippen LogP contribution in [0.15, 0.2) is 24.3 Å². The number of hydrogen-bond acceptors (Lipinski definition) is 1. The van der Waals surface area contributed by atoms with E-state index in [1.165, 1.54) is 24.1 Å². The summed E-state index contributed by atoms with van der Waals surface area (Å²) in [6, 6.07) is 8.71. The van der Waals surface area contributed by atoms with E-state index in [2.05, 4.69) is 36.5 Å². The number of benzene rings is 1. The molecule has 1 unspecified atom stereocenters. The largest absolute Gasteiger partial charge is 0.316 e. The third-order valence-corrected chi connectivity index (χ3v) is 2.69. The minimum absolute atomic E-state index is 0.756. The third kappa shape index (κ3) is 1.37. The zero-order chi connectivity index (χ0) is 8.39. The Morgan fingerprint density at radius 2 is 2.17 bits per heavy atom. The van der Waals surface area contributed by atoms with Crippen LogP contribution in [0.1, 0.15) is 23.5 Å². The van der Waals surface area contributed by atoms with Crippen LogP contribution in [0, 0.1) is 6.92 Å². The lowest BCUT2D eigenvalue weighted by atomic mass is 9.94. The minimum atomic E-state index is 0.756. The molecule has 2 rings (SSSR count). The Labute approximate surface area is 73.8 Å². The van der Waals surface area contributed by atoms with Crippen molar-refractivity contribution in [2.75, 3.05) is 13.1 Å². The first-order valence-electron chi connectivity index (χ1n) is 4.64. The zero-order valence-electron chi connectivity index (χ0n) is 7.51. The number of nitrogens with one attached hydrogen (secondary N) is 1. The lowest BCUT2D eigenvalue weighted by molar-refractivity contribution is 0.757. The number of aryl methyl sites for hydroxylation is 1. The number of hydrogen-bond donors (Lipinski definition) is 1. The van der Waals surface area contributed by atoms with E-state index in [0.717, 1.165) is 12.5 Å². The van der Waals surface area contributed by atoms with Gasteiger partial charge in [-0.05, 0) is 36.9 Å². The summed E-state index contributed by atoms with van der Waals surface area (Å²) >= 11 is 0. The maximum atomic E-state index is 3.40. The molecule has 1 heterocycles. The molecule has 0 aromatic heterocycles. The molecule has 0 saturated carbocycles. The number of rotatable bonds is 1. The summed E-state index contributed by atoms with van der Waals surface area (Å²) in [5.41, 5.74) is 2.97. The van der Waals surface area contributed by atoms with Crippen molar-refractivity contribution in [2.45, 2.75) is 19.3 Å². The van der Waals surface area contributed by atoms with Gasteiger partial charge in [0.15, 0.2) is 0 Å². The average molecular weight is 161 g/mol. The van der Waals surface area contributed by atoms with E-state index in [1.807, 2.05) is 0 Å². The van der Waals surface area contributed by atoms with Crippen LogP contribution in [-0.2, 0) is 0 Å². The molecule has 1 aromatic carbocycles. The van der Waals surface area contributed by atoms with Gasteiger partial charge >= 0.3 is 0 Å². The molecule has 1 fully saturated rings. The Morgan fingerprint density at radius 1 is 1.33 bits per heavy atom. The van der Waals surface area contributed by atoms with Crippen LogP contribution in [0.5, 0.6) is 0 Å². The Bertz CT molecular complexity index is 261. The first-order chi connectivity index (χ1) is 5.88.